The molecular formula is C31H38O17. The Balaban J connectivity index is 2.13. The van der Waals surface area contributed by atoms with E-state index in [4.69, 9.17) is 42.6 Å². The molecule has 1 aromatic carbocycles. The third kappa shape index (κ3) is 10.3. The number of benzene rings is 1. The molecule has 264 valence electrons. The van der Waals surface area contributed by atoms with Gasteiger partial charge in [-0.15, -0.1) is 0 Å². The summed E-state index contributed by atoms with van der Waals surface area (Å²) in [5, 5.41) is 11.6. The van der Waals surface area contributed by atoms with Gasteiger partial charge in [-0.3, -0.25) is 33.6 Å². The third-order valence-corrected chi connectivity index (χ3v) is 6.97. The average Bonchev–Trinajstić information content (AvgIpc) is 2.99. The summed E-state index contributed by atoms with van der Waals surface area (Å²) in [5.74, 6) is -5.75. The van der Waals surface area contributed by atoms with Gasteiger partial charge in [0, 0.05) is 47.1 Å². The van der Waals surface area contributed by atoms with E-state index < -0.39 is 116 Å². The topological polar surface area (TPSA) is 223 Å². The van der Waals surface area contributed by atoms with Crippen LogP contribution >= 0.6 is 0 Å². The van der Waals surface area contributed by atoms with Crippen LogP contribution in [-0.4, -0.2) is 121 Å². The van der Waals surface area contributed by atoms with Crippen molar-refractivity contribution in [1.82, 2.24) is 0 Å². The third-order valence-electron chi connectivity index (χ3n) is 6.97. The first-order chi connectivity index (χ1) is 22.6. The summed E-state index contributed by atoms with van der Waals surface area (Å²) in [6, 6.07) is 7.71. The normalized spacial score (nSPS) is 29.8. The van der Waals surface area contributed by atoms with Gasteiger partial charge in [-0.1, -0.05) is 30.3 Å². The zero-order chi connectivity index (χ0) is 35.7. The second kappa shape index (κ2) is 17.1. The molecule has 0 spiro atoms. The van der Waals surface area contributed by atoms with Gasteiger partial charge in [0.2, 0.25) is 0 Å². The second-order valence-electron chi connectivity index (χ2n) is 10.9. The van der Waals surface area contributed by atoms with Gasteiger partial charge in [0.15, 0.2) is 36.5 Å². The zero-order valence-electron chi connectivity index (χ0n) is 27.1. The molecule has 0 bridgehead atoms. The van der Waals surface area contributed by atoms with Crippen LogP contribution in [0.3, 0.4) is 0 Å². The number of rotatable bonds is 12. The molecule has 0 saturated carbocycles. The van der Waals surface area contributed by atoms with E-state index in [1.54, 1.807) is 18.2 Å². The number of hydrogen-bond donors (Lipinski definition) is 1. The van der Waals surface area contributed by atoms with Gasteiger partial charge in [0.25, 0.3) is 0 Å². The lowest BCUT2D eigenvalue weighted by Crippen LogP contribution is -2.67. The van der Waals surface area contributed by atoms with Crippen LogP contribution in [0.2, 0.25) is 0 Å². The summed E-state index contributed by atoms with van der Waals surface area (Å²) in [4.78, 5) is 85.8. The molecule has 2 aliphatic heterocycles. The van der Waals surface area contributed by atoms with Crippen LogP contribution in [0.1, 0.15) is 51.9 Å². The molecule has 0 aromatic heterocycles. The van der Waals surface area contributed by atoms with Crippen molar-refractivity contribution in [3.63, 3.8) is 0 Å². The largest absolute Gasteiger partial charge is 0.463 e. The molecule has 1 N–H and O–H groups in total. The number of aliphatic hydroxyl groups excluding tert-OH is 1. The lowest BCUT2D eigenvalue weighted by atomic mass is 9.90. The van der Waals surface area contributed by atoms with Crippen LogP contribution in [0.25, 0.3) is 0 Å². The maximum Gasteiger partial charge on any atom is 0.303 e. The van der Waals surface area contributed by atoms with Gasteiger partial charge < -0.3 is 47.7 Å². The Kier molecular flexibility index (Phi) is 13.5. The lowest BCUT2D eigenvalue weighted by molar-refractivity contribution is -0.340. The highest BCUT2D eigenvalue weighted by molar-refractivity contribution is 6.00. The highest BCUT2D eigenvalue weighted by Gasteiger charge is 2.57. The van der Waals surface area contributed by atoms with Crippen molar-refractivity contribution in [3.8, 4) is 0 Å². The Morgan fingerprint density at radius 2 is 1.04 bits per heavy atom. The van der Waals surface area contributed by atoms with Crippen molar-refractivity contribution in [2.45, 2.75) is 103 Å². The van der Waals surface area contributed by atoms with E-state index in [0.29, 0.717) is 0 Å². The standard InChI is InChI=1S/C31H38O17/c1-14(32)40-12-21-25(42-16(3)34)24(39)28(27(46-21)23(38)20-10-8-7-9-11-20)48-31-30(45-19(6)37)29(44-18(5)36)26(43-17(4)35)22(47-31)13-41-15(2)33/h7-11,21-22,24-31,39H,12-13H2,1-6H3. The van der Waals surface area contributed by atoms with Gasteiger partial charge in [-0.25, -0.2) is 0 Å². The Labute approximate surface area is 274 Å². The second-order valence-corrected chi connectivity index (χ2v) is 10.9. The molecule has 1 aromatic rings. The smallest absolute Gasteiger partial charge is 0.303 e. The van der Waals surface area contributed by atoms with Crippen LogP contribution < -0.4 is 0 Å². The summed E-state index contributed by atoms with van der Waals surface area (Å²) < 4.78 is 49.7. The van der Waals surface area contributed by atoms with Crippen molar-refractivity contribution in [1.29, 1.82) is 0 Å². The Bertz CT molecular complexity index is 1350. The molecule has 48 heavy (non-hydrogen) atoms. The minimum Gasteiger partial charge on any atom is -0.463 e. The van der Waals surface area contributed by atoms with Crippen molar-refractivity contribution in [2.75, 3.05) is 13.2 Å². The molecule has 0 radical (unpaired) electrons. The van der Waals surface area contributed by atoms with Crippen molar-refractivity contribution in [2.24, 2.45) is 0 Å². The number of Topliss-reactive ketones (excluding diaryl/α,β-unsaturated/α-hetero) is 1. The Morgan fingerprint density at radius 1 is 0.583 bits per heavy atom. The van der Waals surface area contributed by atoms with E-state index in [1.807, 2.05) is 0 Å². The number of carbonyl (C=O) groups is 7. The quantitative estimate of drug-likeness (QED) is 0.173. The van der Waals surface area contributed by atoms with Gasteiger partial charge in [-0.2, -0.15) is 0 Å². The molecule has 17 heteroatoms. The minimum absolute atomic E-state index is 0.113. The number of ketones is 1. The highest BCUT2D eigenvalue weighted by atomic mass is 16.7. The number of esters is 6. The number of carbonyl (C=O) groups excluding carboxylic acids is 7. The summed E-state index contributed by atoms with van der Waals surface area (Å²) in [6.07, 6.45) is -16.4. The van der Waals surface area contributed by atoms with Crippen LogP contribution in [0.4, 0.5) is 0 Å². The number of aliphatic hydroxyl groups is 1. The minimum atomic E-state index is -1.88. The predicted molar refractivity (Wildman–Crippen MR) is 154 cm³/mol. The van der Waals surface area contributed by atoms with Crippen molar-refractivity contribution >= 4 is 41.6 Å². The van der Waals surface area contributed by atoms with E-state index in [9.17, 15) is 38.7 Å². The van der Waals surface area contributed by atoms with Crippen LogP contribution in [-0.2, 0) is 71.4 Å². The highest BCUT2D eigenvalue weighted by Crippen LogP contribution is 2.35. The molecule has 17 nitrogen and oxygen atoms in total. The summed E-state index contributed by atoms with van der Waals surface area (Å²) >= 11 is 0. The van der Waals surface area contributed by atoms with Crippen LogP contribution in [0, 0.1) is 0 Å². The average molecular weight is 683 g/mol. The number of ether oxygens (including phenoxy) is 9. The molecule has 10 atom stereocenters. The summed E-state index contributed by atoms with van der Waals surface area (Å²) in [6.45, 7) is 5.25. The van der Waals surface area contributed by atoms with Crippen molar-refractivity contribution < 1.29 is 81.3 Å². The molecule has 0 amide bonds. The van der Waals surface area contributed by atoms with E-state index in [0.717, 1.165) is 41.5 Å². The maximum absolute atomic E-state index is 13.9. The first kappa shape index (κ1) is 38.0. The molecule has 2 heterocycles. The van der Waals surface area contributed by atoms with E-state index >= 15 is 0 Å². The molecule has 2 saturated heterocycles. The first-order valence-corrected chi connectivity index (χ1v) is 14.8. The van der Waals surface area contributed by atoms with Gasteiger partial charge in [0.1, 0.15) is 43.7 Å². The SMILES string of the molecule is CC(=O)OCC1OC(C(=O)c2ccccc2)C(OC2OC(COC(C)=O)C(OC(C)=O)C(OC(C)=O)C2OC(C)=O)C(O)C1OC(C)=O. The van der Waals surface area contributed by atoms with Gasteiger partial charge >= 0.3 is 35.8 Å². The van der Waals surface area contributed by atoms with Crippen molar-refractivity contribution in [3.05, 3.63) is 35.9 Å². The van der Waals surface area contributed by atoms with Crippen LogP contribution in [0.15, 0.2) is 30.3 Å². The van der Waals surface area contributed by atoms with E-state index in [1.165, 1.54) is 12.1 Å². The molecule has 10 unspecified atom stereocenters. The molecule has 0 aliphatic carbocycles. The van der Waals surface area contributed by atoms with E-state index in [-0.39, 0.29) is 5.56 Å². The van der Waals surface area contributed by atoms with Gasteiger partial charge in [0.05, 0.1) is 0 Å². The molecule has 2 fully saturated rings. The van der Waals surface area contributed by atoms with E-state index in [2.05, 4.69) is 0 Å². The number of hydrogen-bond acceptors (Lipinski definition) is 17. The zero-order valence-corrected chi connectivity index (χ0v) is 27.1. The lowest BCUT2D eigenvalue weighted by Gasteiger charge is -2.48. The fourth-order valence-corrected chi connectivity index (χ4v) is 5.18. The Morgan fingerprint density at radius 3 is 1.54 bits per heavy atom. The maximum atomic E-state index is 13.9. The fraction of sp³-hybridized carbons (Fsp3) is 0.581. The van der Waals surface area contributed by atoms with Gasteiger partial charge in [-0.05, 0) is 0 Å². The summed E-state index contributed by atoms with van der Waals surface area (Å²) in [7, 11) is 0. The molecule has 3 rings (SSSR count). The monoisotopic (exact) mass is 682 g/mol. The first-order valence-electron chi connectivity index (χ1n) is 14.8. The Hall–Kier alpha value is -4.45. The molecular weight excluding hydrogens is 644 g/mol. The summed E-state index contributed by atoms with van der Waals surface area (Å²) in [5.41, 5.74) is 0.113. The molecule has 2 aliphatic rings. The van der Waals surface area contributed by atoms with Crippen LogP contribution in [0.5, 0.6) is 0 Å². The fourth-order valence-electron chi connectivity index (χ4n) is 5.18. The predicted octanol–water partition coefficient (Wildman–Crippen LogP) is -0.0393.